The minimum Gasteiger partial charge on any atom is -0.339 e. The van der Waals surface area contributed by atoms with Gasteiger partial charge in [-0.1, -0.05) is 12.1 Å². The van der Waals surface area contributed by atoms with E-state index in [4.69, 9.17) is 0 Å². The normalized spacial score (nSPS) is 11.3. The van der Waals surface area contributed by atoms with Gasteiger partial charge in [-0.2, -0.15) is 5.10 Å². The van der Waals surface area contributed by atoms with Crippen molar-refractivity contribution in [1.29, 1.82) is 0 Å². The van der Waals surface area contributed by atoms with Crippen LogP contribution < -0.4 is 10.0 Å². The molecule has 4 aromatic rings. The summed E-state index contributed by atoms with van der Waals surface area (Å²) in [5.41, 5.74) is 1.87. The summed E-state index contributed by atoms with van der Waals surface area (Å²) in [5, 5.41) is 15.6. The first-order chi connectivity index (χ1) is 14.4. The van der Waals surface area contributed by atoms with Crippen LogP contribution in [0.15, 0.2) is 77.8 Å². The van der Waals surface area contributed by atoms with Crippen LogP contribution in [-0.4, -0.2) is 28.4 Å². The lowest BCUT2D eigenvalue weighted by Crippen LogP contribution is -2.14. The van der Waals surface area contributed by atoms with Gasteiger partial charge in [-0.3, -0.25) is 4.72 Å². The van der Waals surface area contributed by atoms with E-state index in [1.165, 1.54) is 18.2 Å². The van der Waals surface area contributed by atoms with Crippen molar-refractivity contribution in [2.45, 2.75) is 11.8 Å². The Labute approximate surface area is 172 Å². The lowest BCUT2D eigenvalue weighted by molar-refractivity contribution is 0.570. The minimum atomic E-state index is -4.02. The molecule has 152 valence electrons. The number of halogens is 1. The molecule has 10 heteroatoms. The molecule has 0 fully saturated rings. The van der Waals surface area contributed by atoms with Gasteiger partial charge in [0.05, 0.1) is 5.69 Å². The second-order valence-electron chi connectivity index (χ2n) is 6.42. The van der Waals surface area contributed by atoms with E-state index in [1.807, 2.05) is 13.0 Å². The fourth-order valence-corrected chi connectivity index (χ4v) is 3.84. The summed E-state index contributed by atoms with van der Waals surface area (Å²) in [5.74, 6) is 0.296. The van der Waals surface area contributed by atoms with Gasteiger partial charge in [0.15, 0.2) is 11.6 Å². The van der Waals surface area contributed by atoms with Crippen LogP contribution in [0.5, 0.6) is 0 Å². The maximum Gasteiger partial charge on any atom is 0.264 e. The number of hydrogen-bond acceptors (Lipinski definition) is 6. The number of rotatable bonds is 6. The van der Waals surface area contributed by atoms with Crippen LogP contribution in [-0.2, 0) is 10.0 Å². The Morgan fingerprint density at radius 3 is 2.27 bits per heavy atom. The van der Waals surface area contributed by atoms with Crippen LogP contribution in [0.3, 0.4) is 0 Å². The molecule has 30 heavy (non-hydrogen) atoms. The predicted molar refractivity (Wildman–Crippen MR) is 111 cm³/mol. The van der Waals surface area contributed by atoms with Gasteiger partial charge in [-0.15, -0.1) is 10.2 Å². The lowest BCUT2D eigenvalue weighted by atomic mass is 10.3. The van der Waals surface area contributed by atoms with Gasteiger partial charge in [0.25, 0.3) is 10.0 Å². The van der Waals surface area contributed by atoms with Crippen LogP contribution in [0.1, 0.15) is 5.69 Å². The smallest absolute Gasteiger partial charge is 0.264 e. The van der Waals surface area contributed by atoms with Gasteiger partial charge in [0.2, 0.25) is 0 Å². The third kappa shape index (κ3) is 4.28. The topological polar surface area (TPSA) is 102 Å². The minimum absolute atomic E-state index is 0.305. The number of benzene rings is 2. The zero-order valence-corrected chi connectivity index (χ0v) is 16.6. The highest BCUT2D eigenvalue weighted by Gasteiger charge is 2.18. The van der Waals surface area contributed by atoms with Crippen molar-refractivity contribution >= 4 is 27.2 Å². The maximum atomic E-state index is 13.8. The molecule has 0 saturated carbocycles. The highest BCUT2D eigenvalue weighted by molar-refractivity contribution is 7.92. The number of hydrogen-bond donors (Lipinski definition) is 2. The zero-order chi connectivity index (χ0) is 21.1. The molecule has 0 aliphatic carbocycles. The second-order valence-corrected chi connectivity index (χ2v) is 8.07. The molecular formula is C20H17FN6O2S. The highest BCUT2D eigenvalue weighted by atomic mass is 32.2. The number of anilines is 3. The molecule has 0 amide bonds. The Hall–Kier alpha value is -3.79. The molecule has 4 rings (SSSR count). The van der Waals surface area contributed by atoms with E-state index in [9.17, 15) is 12.8 Å². The Balaban J connectivity index is 1.44. The molecule has 2 N–H and O–H groups in total. The summed E-state index contributed by atoms with van der Waals surface area (Å²) in [6.07, 6.45) is 1.80. The van der Waals surface area contributed by atoms with Crippen LogP contribution in [0.4, 0.5) is 21.6 Å². The SMILES string of the molecule is Cc1ccn(-c2ccc(Nc3ccc(NS(=O)(=O)c4ccccc4F)cc3)nn2)n1. The van der Waals surface area contributed by atoms with Crippen molar-refractivity contribution in [2.75, 3.05) is 10.0 Å². The zero-order valence-electron chi connectivity index (χ0n) is 15.8. The monoisotopic (exact) mass is 424 g/mol. The summed E-state index contributed by atoms with van der Waals surface area (Å²) in [6, 6.07) is 17.1. The van der Waals surface area contributed by atoms with Crippen LogP contribution in [0, 0.1) is 12.7 Å². The molecule has 0 bridgehead atoms. The van der Waals surface area contributed by atoms with Gasteiger partial charge in [0.1, 0.15) is 10.7 Å². The average Bonchev–Trinajstić information content (AvgIpc) is 3.16. The van der Waals surface area contributed by atoms with Gasteiger partial charge < -0.3 is 5.32 Å². The number of nitrogens with zero attached hydrogens (tertiary/aromatic N) is 4. The van der Waals surface area contributed by atoms with E-state index in [0.29, 0.717) is 23.0 Å². The van der Waals surface area contributed by atoms with Crippen molar-refractivity contribution in [3.05, 3.63) is 84.4 Å². The van der Waals surface area contributed by atoms with E-state index in [0.717, 1.165) is 11.8 Å². The standard InChI is InChI=1S/C20H17FN6O2S/c1-14-12-13-27(25-14)20-11-10-19(23-24-20)22-15-6-8-16(9-7-15)26-30(28,29)18-5-3-2-4-17(18)21/h2-13,26H,1H3,(H,22,23). The summed E-state index contributed by atoms with van der Waals surface area (Å²) in [7, 11) is -4.02. The van der Waals surface area contributed by atoms with Crippen molar-refractivity contribution in [3.63, 3.8) is 0 Å². The Kier molecular flexibility index (Phi) is 5.15. The number of nitrogens with one attached hydrogen (secondary N) is 2. The molecule has 0 saturated heterocycles. The summed E-state index contributed by atoms with van der Waals surface area (Å²) in [4.78, 5) is -0.407. The third-order valence-electron chi connectivity index (χ3n) is 4.14. The fourth-order valence-electron chi connectivity index (χ4n) is 2.70. The van der Waals surface area contributed by atoms with Crippen LogP contribution in [0.2, 0.25) is 0 Å². The average molecular weight is 424 g/mol. The van der Waals surface area contributed by atoms with Crippen molar-refractivity contribution in [2.24, 2.45) is 0 Å². The molecule has 8 nitrogen and oxygen atoms in total. The molecule has 0 atom stereocenters. The van der Waals surface area contributed by atoms with E-state index < -0.39 is 20.7 Å². The van der Waals surface area contributed by atoms with Crippen molar-refractivity contribution < 1.29 is 12.8 Å². The van der Waals surface area contributed by atoms with Crippen molar-refractivity contribution in [1.82, 2.24) is 20.0 Å². The Morgan fingerprint density at radius 1 is 0.900 bits per heavy atom. The van der Waals surface area contributed by atoms with Gasteiger partial charge in [0, 0.05) is 17.6 Å². The maximum absolute atomic E-state index is 13.8. The first-order valence-electron chi connectivity index (χ1n) is 8.91. The van der Waals surface area contributed by atoms with E-state index in [-0.39, 0.29) is 0 Å². The van der Waals surface area contributed by atoms with Crippen LogP contribution in [0.25, 0.3) is 5.82 Å². The molecule has 0 aliphatic rings. The highest BCUT2D eigenvalue weighted by Crippen LogP contribution is 2.21. The quantitative estimate of drug-likeness (QED) is 0.490. The molecule has 2 heterocycles. The number of aromatic nitrogens is 4. The molecule has 0 aliphatic heterocycles. The summed E-state index contributed by atoms with van der Waals surface area (Å²) in [6.45, 7) is 1.89. The van der Waals surface area contributed by atoms with Gasteiger partial charge >= 0.3 is 0 Å². The second kappa shape index (κ2) is 7.91. The van der Waals surface area contributed by atoms with Crippen LogP contribution >= 0.6 is 0 Å². The molecule has 0 unspecified atom stereocenters. The Morgan fingerprint density at radius 2 is 1.63 bits per heavy atom. The third-order valence-corrected chi connectivity index (χ3v) is 5.56. The molecule has 2 aromatic carbocycles. The predicted octanol–water partition coefficient (Wildman–Crippen LogP) is 3.65. The van der Waals surface area contributed by atoms with E-state index in [1.54, 1.807) is 47.3 Å². The number of sulfonamides is 1. The first kappa shape index (κ1) is 19.5. The lowest BCUT2D eigenvalue weighted by Gasteiger charge is -2.10. The summed E-state index contributed by atoms with van der Waals surface area (Å²) >= 11 is 0. The molecule has 2 aromatic heterocycles. The summed E-state index contributed by atoms with van der Waals surface area (Å²) < 4.78 is 42.5. The van der Waals surface area contributed by atoms with E-state index in [2.05, 4.69) is 25.3 Å². The van der Waals surface area contributed by atoms with E-state index >= 15 is 0 Å². The molecular weight excluding hydrogens is 407 g/mol. The molecule has 0 spiro atoms. The van der Waals surface area contributed by atoms with Gasteiger partial charge in [-0.25, -0.2) is 17.5 Å². The fraction of sp³-hybridized carbons (Fsp3) is 0.0500. The first-order valence-corrected chi connectivity index (χ1v) is 10.4. The molecule has 0 radical (unpaired) electrons. The number of aryl methyl sites for hydroxylation is 1. The van der Waals surface area contributed by atoms with Gasteiger partial charge in [-0.05, 0) is 61.5 Å². The Bertz CT molecular complexity index is 1270. The van der Waals surface area contributed by atoms with Crippen molar-refractivity contribution in [3.8, 4) is 5.82 Å². The largest absolute Gasteiger partial charge is 0.339 e.